The van der Waals surface area contributed by atoms with Crippen molar-refractivity contribution in [3.63, 3.8) is 0 Å². The van der Waals surface area contributed by atoms with Gasteiger partial charge in [0.25, 0.3) is 0 Å². The van der Waals surface area contributed by atoms with Gasteiger partial charge in [0.05, 0.1) is 0 Å². The van der Waals surface area contributed by atoms with Crippen molar-refractivity contribution in [3.8, 4) is 0 Å². The first kappa shape index (κ1) is 17.8. The number of carbonyl (C=O) groups excluding carboxylic acids is 3. The van der Waals surface area contributed by atoms with Gasteiger partial charge in [-0.05, 0) is 36.1 Å². The first-order valence-corrected chi connectivity index (χ1v) is 8.11. The third kappa shape index (κ3) is 3.84. The van der Waals surface area contributed by atoms with Crippen molar-refractivity contribution in [2.24, 2.45) is 11.7 Å². The molecule has 2 rings (SSSR count). The second-order valence-corrected chi connectivity index (χ2v) is 6.13. The molecule has 7 heteroatoms. The number of rotatable bonds is 5. The van der Waals surface area contributed by atoms with E-state index in [-0.39, 0.29) is 17.7 Å². The van der Waals surface area contributed by atoms with Gasteiger partial charge in [-0.2, -0.15) is 0 Å². The fourth-order valence-corrected chi connectivity index (χ4v) is 2.88. The number of urea groups is 1. The van der Waals surface area contributed by atoms with E-state index >= 15 is 0 Å². The molecule has 1 aromatic rings. The van der Waals surface area contributed by atoms with Crippen molar-refractivity contribution in [3.05, 3.63) is 23.8 Å². The molecule has 0 spiro atoms. The number of benzene rings is 1. The van der Waals surface area contributed by atoms with Gasteiger partial charge in [0.2, 0.25) is 11.8 Å². The molecule has 1 aromatic carbocycles. The van der Waals surface area contributed by atoms with Crippen LogP contribution in [0.15, 0.2) is 18.2 Å². The van der Waals surface area contributed by atoms with Crippen molar-refractivity contribution < 1.29 is 14.4 Å². The zero-order valence-corrected chi connectivity index (χ0v) is 14.3. The van der Waals surface area contributed by atoms with Crippen molar-refractivity contribution in [2.75, 3.05) is 16.8 Å². The van der Waals surface area contributed by atoms with Crippen LogP contribution in [0.5, 0.6) is 0 Å². The molecule has 0 aromatic heterocycles. The first-order valence-electron chi connectivity index (χ1n) is 8.11. The Morgan fingerprint density at radius 2 is 2.04 bits per heavy atom. The molecule has 0 fully saturated rings. The molecule has 0 saturated heterocycles. The van der Waals surface area contributed by atoms with Crippen molar-refractivity contribution in [2.45, 2.75) is 39.7 Å². The Balaban J connectivity index is 2.14. The quantitative estimate of drug-likeness (QED) is 0.763. The van der Waals surface area contributed by atoms with Gasteiger partial charge < -0.3 is 21.3 Å². The molecule has 4 amide bonds. The van der Waals surface area contributed by atoms with Gasteiger partial charge in [-0.15, -0.1) is 0 Å². The Bertz CT molecular complexity index is 659. The molecular weight excluding hydrogens is 308 g/mol. The van der Waals surface area contributed by atoms with Crippen LogP contribution in [0.1, 0.15) is 32.8 Å². The van der Waals surface area contributed by atoms with E-state index in [0.717, 1.165) is 24.1 Å². The third-order valence-electron chi connectivity index (χ3n) is 4.42. The third-order valence-corrected chi connectivity index (χ3v) is 4.42. The summed E-state index contributed by atoms with van der Waals surface area (Å²) < 4.78 is 0. The lowest BCUT2D eigenvalue weighted by Gasteiger charge is -2.22. The van der Waals surface area contributed by atoms with Gasteiger partial charge in [-0.25, -0.2) is 4.79 Å². The van der Waals surface area contributed by atoms with Crippen LogP contribution in [-0.4, -0.2) is 30.4 Å². The molecule has 24 heavy (non-hydrogen) atoms. The van der Waals surface area contributed by atoms with Crippen LogP contribution in [0.3, 0.4) is 0 Å². The maximum Gasteiger partial charge on any atom is 0.312 e. The maximum atomic E-state index is 12.5. The smallest absolute Gasteiger partial charge is 0.312 e. The summed E-state index contributed by atoms with van der Waals surface area (Å²) in [6.07, 6.45) is 1.49. The molecule has 0 radical (unpaired) electrons. The highest BCUT2D eigenvalue weighted by atomic mass is 16.2. The molecule has 1 heterocycles. The zero-order valence-electron chi connectivity index (χ0n) is 14.3. The number of nitrogens with zero attached hydrogens (tertiary/aromatic N) is 1. The molecule has 4 N–H and O–H groups in total. The van der Waals surface area contributed by atoms with E-state index in [2.05, 4.69) is 10.6 Å². The lowest BCUT2D eigenvalue weighted by atomic mass is 9.98. The predicted octanol–water partition coefficient (Wildman–Crippen LogP) is 1.62. The number of carbonyl (C=O) groups is 3. The van der Waals surface area contributed by atoms with Crippen LogP contribution in [-0.2, 0) is 16.0 Å². The van der Waals surface area contributed by atoms with Gasteiger partial charge in [-0.1, -0.05) is 20.3 Å². The van der Waals surface area contributed by atoms with E-state index in [1.165, 1.54) is 6.92 Å². The minimum atomic E-state index is -0.721. The topological polar surface area (TPSA) is 105 Å². The largest absolute Gasteiger partial charge is 0.352 e. The summed E-state index contributed by atoms with van der Waals surface area (Å²) in [5.74, 6) is -0.335. The summed E-state index contributed by atoms with van der Waals surface area (Å²) in [5.41, 5.74) is 7.71. The second-order valence-electron chi connectivity index (χ2n) is 6.13. The van der Waals surface area contributed by atoms with Crippen LogP contribution < -0.4 is 21.3 Å². The molecule has 1 aliphatic heterocycles. The highest BCUT2D eigenvalue weighted by Crippen LogP contribution is 2.30. The molecule has 7 nitrogen and oxygen atoms in total. The van der Waals surface area contributed by atoms with E-state index in [0.29, 0.717) is 12.2 Å². The number of hydrogen-bond acceptors (Lipinski definition) is 3. The summed E-state index contributed by atoms with van der Waals surface area (Å²) in [5, 5.41) is 5.32. The Morgan fingerprint density at radius 1 is 1.33 bits per heavy atom. The fourth-order valence-electron chi connectivity index (χ4n) is 2.88. The van der Waals surface area contributed by atoms with Gasteiger partial charge in [-0.3, -0.25) is 9.59 Å². The number of nitrogens with two attached hydrogens (primary N) is 1. The zero-order chi connectivity index (χ0) is 17.9. The standard InChI is InChI=1S/C17H24N4O3/c1-4-10(2)15(20-17(18)24)16(23)19-13-5-6-14-12(9-13)7-8-21(14)11(3)22/h5-6,9-10,15H,4,7-8H2,1-3H3,(H,19,23)(H3,18,20,24). The lowest BCUT2D eigenvalue weighted by molar-refractivity contribution is -0.119. The number of amides is 4. The first-order chi connectivity index (χ1) is 11.3. The SMILES string of the molecule is CCC(C)C(NC(N)=O)C(=O)Nc1ccc2c(c1)CCN2C(C)=O. The lowest BCUT2D eigenvalue weighted by Crippen LogP contribution is -2.49. The number of primary amides is 1. The minimum Gasteiger partial charge on any atom is -0.352 e. The van der Waals surface area contributed by atoms with E-state index < -0.39 is 12.1 Å². The second kappa shape index (κ2) is 7.33. The van der Waals surface area contributed by atoms with Crippen LogP contribution >= 0.6 is 0 Å². The number of anilines is 2. The van der Waals surface area contributed by atoms with Crippen LogP contribution in [0, 0.1) is 5.92 Å². The molecule has 0 aliphatic carbocycles. The van der Waals surface area contributed by atoms with Gasteiger partial charge in [0, 0.05) is 24.8 Å². The predicted molar refractivity (Wildman–Crippen MR) is 92.8 cm³/mol. The Labute approximate surface area is 141 Å². The van der Waals surface area contributed by atoms with Crippen LogP contribution in [0.4, 0.5) is 16.2 Å². The highest BCUT2D eigenvalue weighted by Gasteiger charge is 2.26. The summed E-state index contributed by atoms with van der Waals surface area (Å²) in [4.78, 5) is 36.9. The molecular formula is C17H24N4O3. The summed E-state index contributed by atoms with van der Waals surface area (Å²) in [6, 6.07) is 4.05. The Hall–Kier alpha value is -2.57. The summed E-state index contributed by atoms with van der Waals surface area (Å²) >= 11 is 0. The van der Waals surface area contributed by atoms with Gasteiger partial charge >= 0.3 is 6.03 Å². The molecule has 2 unspecified atom stereocenters. The van der Waals surface area contributed by atoms with E-state index in [9.17, 15) is 14.4 Å². The van der Waals surface area contributed by atoms with Crippen molar-refractivity contribution in [1.82, 2.24) is 5.32 Å². The molecule has 130 valence electrons. The normalized spacial score (nSPS) is 15.4. The fraction of sp³-hybridized carbons (Fsp3) is 0.471. The molecule has 0 saturated carbocycles. The van der Waals surface area contributed by atoms with Crippen LogP contribution in [0.2, 0.25) is 0 Å². The van der Waals surface area contributed by atoms with E-state index in [4.69, 9.17) is 5.73 Å². The Morgan fingerprint density at radius 3 is 2.62 bits per heavy atom. The van der Waals surface area contributed by atoms with Crippen molar-refractivity contribution in [1.29, 1.82) is 0 Å². The van der Waals surface area contributed by atoms with Gasteiger partial charge in [0.1, 0.15) is 6.04 Å². The number of hydrogen-bond donors (Lipinski definition) is 3. The van der Waals surface area contributed by atoms with E-state index in [1.807, 2.05) is 26.0 Å². The van der Waals surface area contributed by atoms with Gasteiger partial charge in [0.15, 0.2) is 0 Å². The number of fused-ring (bicyclic) bond motifs is 1. The van der Waals surface area contributed by atoms with E-state index in [1.54, 1.807) is 11.0 Å². The van der Waals surface area contributed by atoms with Crippen LogP contribution in [0.25, 0.3) is 0 Å². The average molecular weight is 332 g/mol. The molecule has 0 bridgehead atoms. The molecule has 1 aliphatic rings. The molecule has 2 atom stereocenters. The minimum absolute atomic E-state index is 0.00743. The van der Waals surface area contributed by atoms with Crippen molar-refractivity contribution >= 4 is 29.2 Å². The number of nitrogens with one attached hydrogen (secondary N) is 2. The monoisotopic (exact) mass is 332 g/mol. The highest BCUT2D eigenvalue weighted by molar-refractivity contribution is 5.98. The maximum absolute atomic E-state index is 12.5. The summed E-state index contributed by atoms with van der Waals surface area (Å²) in [7, 11) is 0. The summed E-state index contributed by atoms with van der Waals surface area (Å²) in [6.45, 7) is 6.02. The Kier molecular flexibility index (Phi) is 5.43. The average Bonchev–Trinajstić information content (AvgIpc) is 2.94.